The zero-order valence-corrected chi connectivity index (χ0v) is 10.6. The molecule has 1 saturated carbocycles. The maximum absolute atomic E-state index is 11.7. The number of hydrogen-bond acceptors (Lipinski definition) is 4. The fraction of sp³-hybridized carbons (Fsp3) is 1.00. The van der Waals surface area contributed by atoms with E-state index in [9.17, 15) is 8.42 Å². The van der Waals surface area contributed by atoms with Gasteiger partial charge in [0.2, 0.25) is 10.0 Å². The Hall–Kier alpha value is -0.170. The molecule has 2 atom stereocenters. The summed E-state index contributed by atoms with van der Waals surface area (Å²) in [5.74, 6) is 0.0179. The lowest BCUT2D eigenvalue weighted by molar-refractivity contribution is 0.163. The van der Waals surface area contributed by atoms with Gasteiger partial charge in [0, 0.05) is 18.7 Å². The second kappa shape index (κ2) is 6.54. The van der Waals surface area contributed by atoms with E-state index >= 15 is 0 Å². The maximum atomic E-state index is 11.7. The summed E-state index contributed by atoms with van der Waals surface area (Å²) in [6.45, 7) is 2.63. The van der Waals surface area contributed by atoms with Crippen LogP contribution in [0.3, 0.4) is 0 Å². The predicted octanol–water partition coefficient (Wildman–Crippen LogP) is 0.212. The standard InChI is InChI=1S/C10H22N2O3S/c1-2-15-7-8-16(13,14)12-10-6-4-3-5-9(10)11/h9-10,12H,2-8,11H2,1H3. The van der Waals surface area contributed by atoms with Crippen molar-refractivity contribution in [3.63, 3.8) is 0 Å². The summed E-state index contributed by atoms with van der Waals surface area (Å²) < 4.78 is 31.1. The van der Waals surface area contributed by atoms with E-state index in [2.05, 4.69) is 4.72 Å². The average molecular weight is 250 g/mol. The number of rotatable bonds is 6. The molecule has 0 radical (unpaired) electrons. The van der Waals surface area contributed by atoms with Crippen molar-refractivity contribution in [2.24, 2.45) is 5.73 Å². The summed E-state index contributed by atoms with van der Waals surface area (Å²) in [5, 5.41) is 0. The molecule has 2 unspecified atom stereocenters. The van der Waals surface area contributed by atoms with Crippen LogP contribution in [0.15, 0.2) is 0 Å². The molecule has 1 aliphatic rings. The van der Waals surface area contributed by atoms with Crippen molar-refractivity contribution >= 4 is 10.0 Å². The molecular formula is C10H22N2O3S. The molecule has 1 aliphatic carbocycles. The van der Waals surface area contributed by atoms with Crippen LogP contribution >= 0.6 is 0 Å². The van der Waals surface area contributed by atoms with Crippen LogP contribution in [0.2, 0.25) is 0 Å². The van der Waals surface area contributed by atoms with Gasteiger partial charge in [-0.15, -0.1) is 0 Å². The Morgan fingerprint density at radius 1 is 1.38 bits per heavy atom. The van der Waals surface area contributed by atoms with Crippen LogP contribution in [-0.2, 0) is 14.8 Å². The monoisotopic (exact) mass is 250 g/mol. The molecule has 0 amide bonds. The number of sulfonamides is 1. The minimum Gasteiger partial charge on any atom is -0.381 e. The third kappa shape index (κ3) is 4.78. The van der Waals surface area contributed by atoms with Crippen molar-refractivity contribution < 1.29 is 13.2 Å². The van der Waals surface area contributed by atoms with Crippen molar-refractivity contribution in [3.05, 3.63) is 0 Å². The van der Waals surface area contributed by atoms with Gasteiger partial charge in [-0.05, 0) is 19.8 Å². The normalized spacial score (nSPS) is 26.9. The molecule has 0 aromatic carbocycles. The van der Waals surface area contributed by atoms with Crippen molar-refractivity contribution in [2.45, 2.75) is 44.7 Å². The van der Waals surface area contributed by atoms with Gasteiger partial charge in [0.25, 0.3) is 0 Å². The molecule has 1 rings (SSSR count). The number of ether oxygens (including phenoxy) is 1. The fourth-order valence-electron chi connectivity index (χ4n) is 1.91. The first-order chi connectivity index (χ1) is 7.55. The van der Waals surface area contributed by atoms with Gasteiger partial charge in [0.1, 0.15) is 0 Å². The van der Waals surface area contributed by atoms with Crippen molar-refractivity contribution in [1.82, 2.24) is 4.72 Å². The molecule has 0 saturated heterocycles. The van der Waals surface area contributed by atoms with Crippen LogP contribution in [0.5, 0.6) is 0 Å². The minimum atomic E-state index is -3.24. The predicted molar refractivity (Wildman–Crippen MR) is 63.6 cm³/mol. The summed E-state index contributed by atoms with van der Waals surface area (Å²) in [6.07, 6.45) is 3.89. The third-order valence-electron chi connectivity index (χ3n) is 2.85. The van der Waals surface area contributed by atoms with Crippen molar-refractivity contribution in [1.29, 1.82) is 0 Å². The lowest BCUT2D eigenvalue weighted by Crippen LogP contribution is -2.50. The smallest absolute Gasteiger partial charge is 0.214 e. The van der Waals surface area contributed by atoms with Crippen molar-refractivity contribution in [2.75, 3.05) is 19.0 Å². The van der Waals surface area contributed by atoms with E-state index in [1.54, 1.807) is 0 Å². The molecule has 5 nitrogen and oxygen atoms in total. The van der Waals surface area contributed by atoms with Crippen LogP contribution in [0, 0.1) is 0 Å². The summed E-state index contributed by atoms with van der Waals surface area (Å²) in [4.78, 5) is 0. The zero-order chi connectivity index (χ0) is 12.0. The fourth-order valence-corrected chi connectivity index (χ4v) is 3.12. The molecule has 0 aromatic heterocycles. The summed E-state index contributed by atoms with van der Waals surface area (Å²) in [7, 11) is -3.24. The first kappa shape index (κ1) is 13.9. The van der Waals surface area contributed by atoms with Gasteiger partial charge in [0.05, 0.1) is 12.4 Å². The first-order valence-corrected chi connectivity index (χ1v) is 7.53. The highest BCUT2D eigenvalue weighted by atomic mass is 32.2. The average Bonchev–Trinajstić information content (AvgIpc) is 2.21. The Bertz CT molecular complexity index is 292. The number of nitrogens with one attached hydrogen (secondary N) is 1. The lowest BCUT2D eigenvalue weighted by Gasteiger charge is -2.28. The quantitative estimate of drug-likeness (QED) is 0.660. The first-order valence-electron chi connectivity index (χ1n) is 5.88. The Labute approximate surface area is 97.8 Å². The van der Waals surface area contributed by atoms with Gasteiger partial charge < -0.3 is 10.5 Å². The number of nitrogens with two attached hydrogens (primary N) is 1. The van der Waals surface area contributed by atoms with E-state index in [0.29, 0.717) is 6.61 Å². The summed E-state index contributed by atoms with van der Waals surface area (Å²) in [5.41, 5.74) is 5.88. The van der Waals surface area contributed by atoms with Crippen LogP contribution in [0.4, 0.5) is 0 Å². The Morgan fingerprint density at radius 2 is 2.06 bits per heavy atom. The Morgan fingerprint density at radius 3 is 2.69 bits per heavy atom. The van der Waals surface area contributed by atoms with Gasteiger partial charge in [-0.2, -0.15) is 0 Å². The van der Waals surface area contributed by atoms with Crippen LogP contribution < -0.4 is 10.5 Å². The van der Waals surface area contributed by atoms with Gasteiger partial charge >= 0.3 is 0 Å². The van der Waals surface area contributed by atoms with E-state index in [-0.39, 0.29) is 24.4 Å². The molecule has 0 heterocycles. The van der Waals surface area contributed by atoms with E-state index in [1.165, 1.54) is 0 Å². The maximum Gasteiger partial charge on any atom is 0.214 e. The molecule has 0 aliphatic heterocycles. The van der Waals surface area contributed by atoms with Gasteiger partial charge in [0.15, 0.2) is 0 Å². The van der Waals surface area contributed by atoms with Crippen molar-refractivity contribution in [3.8, 4) is 0 Å². The largest absolute Gasteiger partial charge is 0.381 e. The van der Waals surface area contributed by atoms with Gasteiger partial charge in [-0.1, -0.05) is 12.8 Å². The molecular weight excluding hydrogens is 228 g/mol. The SMILES string of the molecule is CCOCCS(=O)(=O)NC1CCCCC1N. The molecule has 3 N–H and O–H groups in total. The molecule has 1 fully saturated rings. The van der Waals surface area contributed by atoms with Gasteiger partial charge in [-0.25, -0.2) is 13.1 Å². The van der Waals surface area contributed by atoms with Crippen LogP contribution in [0.25, 0.3) is 0 Å². The Balaban J connectivity index is 2.38. The highest BCUT2D eigenvalue weighted by molar-refractivity contribution is 7.89. The van der Waals surface area contributed by atoms with E-state index < -0.39 is 10.0 Å². The topological polar surface area (TPSA) is 81.4 Å². The minimum absolute atomic E-state index is 0.0179. The highest BCUT2D eigenvalue weighted by Gasteiger charge is 2.25. The second-order valence-electron chi connectivity index (χ2n) is 4.19. The van der Waals surface area contributed by atoms with E-state index in [4.69, 9.17) is 10.5 Å². The summed E-state index contributed by atoms with van der Waals surface area (Å²) in [6, 6.07) is -0.143. The lowest BCUT2D eigenvalue weighted by atomic mass is 9.92. The third-order valence-corrected chi connectivity index (χ3v) is 4.22. The second-order valence-corrected chi connectivity index (χ2v) is 6.06. The molecule has 96 valence electrons. The molecule has 6 heteroatoms. The van der Waals surface area contributed by atoms with Crippen LogP contribution in [0.1, 0.15) is 32.6 Å². The molecule has 0 bridgehead atoms. The molecule has 0 spiro atoms. The van der Waals surface area contributed by atoms with Gasteiger partial charge in [-0.3, -0.25) is 0 Å². The van der Waals surface area contributed by atoms with E-state index in [0.717, 1.165) is 25.7 Å². The Kier molecular flexibility index (Phi) is 5.68. The molecule has 0 aromatic rings. The number of hydrogen-bond donors (Lipinski definition) is 2. The van der Waals surface area contributed by atoms with E-state index in [1.807, 2.05) is 6.92 Å². The highest BCUT2D eigenvalue weighted by Crippen LogP contribution is 2.17. The van der Waals surface area contributed by atoms with Crippen LogP contribution in [-0.4, -0.2) is 39.5 Å². The molecule has 16 heavy (non-hydrogen) atoms. The zero-order valence-electron chi connectivity index (χ0n) is 9.81. The summed E-state index contributed by atoms with van der Waals surface area (Å²) >= 11 is 0.